The van der Waals surface area contributed by atoms with Gasteiger partial charge in [0.1, 0.15) is 6.04 Å². The second-order valence-electron chi connectivity index (χ2n) is 15.0. The van der Waals surface area contributed by atoms with E-state index in [-0.39, 0.29) is 41.4 Å². The van der Waals surface area contributed by atoms with Gasteiger partial charge in [-0.1, -0.05) is 66.9 Å². The summed E-state index contributed by atoms with van der Waals surface area (Å²) in [5.74, 6) is -2.32. The number of rotatable bonds is 14. The summed E-state index contributed by atoms with van der Waals surface area (Å²) in [5.41, 5.74) is -0.981. The molecular formula is C33H55N5O6. The van der Waals surface area contributed by atoms with Gasteiger partial charge >= 0.3 is 0 Å². The van der Waals surface area contributed by atoms with Crippen LogP contribution in [0, 0.1) is 28.6 Å². The maximum Gasteiger partial charge on any atom is 0.289 e. The van der Waals surface area contributed by atoms with Crippen molar-refractivity contribution in [1.82, 2.24) is 26.2 Å². The highest BCUT2D eigenvalue weighted by Crippen LogP contribution is 2.40. The fraction of sp³-hybridized carbons (Fsp3) is 0.788. The number of aliphatic hydroxyl groups is 1. The zero-order valence-electron chi connectivity index (χ0n) is 27.5. The fourth-order valence-corrected chi connectivity index (χ4v) is 6.66. The van der Waals surface area contributed by atoms with Crippen LogP contribution in [0.3, 0.4) is 0 Å². The number of hydrogen-bond donors (Lipinski definition) is 5. The molecule has 2 saturated carbocycles. The SMILES string of the molecule is C=CCNC(=O)C(=O)CNC(=O)[C@@H]1[C@@H](C(C)(C)C)CCN1C(=O)[C@@H](NC(O)N[C@H](C(=O)C1CC1)C1CCCCC1)C(C)(C)C. The Labute approximate surface area is 262 Å². The van der Waals surface area contributed by atoms with Crippen LogP contribution in [-0.2, 0) is 24.0 Å². The molecule has 0 radical (unpaired) electrons. The van der Waals surface area contributed by atoms with Gasteiger partial charge in [0.2, 0.25) is 17.6 Å². The molecule has 3 aliphatic rings. The number of likely N-dealkylation sites (tertiary alicyclic amines) is 1. The number of nitrogens with zero attached hydrogens (tertiary/aromatic N) is 1. The minimum absolute atomic E-state index is 0.0415. The van der Waals surface area contributed by atoms with Gasteiger partial charge in [0.15, 0.2) is 12.1 Å². The molecule has 3 fully saturated rings. The van der Waals surface area contributed by atoms with Crippen molar-refractivity contribution in [3.63, 3.8) is 0 Å². The molecule has 5 atom stereocenters. The van der Waals surface area contributed by atoms with Crippen LogP contribution in [0.5, 0.6) is 0 Å². The first-order chi connectivity index (χ1) is 20.6. The molecule has 0 aromatic carbocycles. The van der Waals surface area contributed by atoms with Crippen LogP contribution >= 0.6 is 0 Å². The predicted molar refractivity (Wildman–Crippen MR) is 168 cm³/mol. The summed E-state index contributed by atoms with van der Waals surface area (Å²) >= 11 is 0. The Kier molecular flexibility index (Phi) is 12.3. The van der Waals surface area contributed by atoms with Gasteiger partial charge in [-0.05, 0) is 54.8 Å². The van der Waals surface area contributed by atoms with Crippen LogP contribution in [0.25, 0.3) is 0 Å². The lowest BCUT2D eigenvalue weighted by molar-refractivity contribution is -0.145. The van der Waals surface area contributed by atoms with E-state index >= 15 is 0 Å². The number of aliphatic hydroxyl groups excluding tert-OH is 1. The lowest BCUT2D eigenvalue weighted by Gasteiger charge is -2.40. The Morgan fingerprint density at radius 3 is 2.09 bits per heavy atom. The van der Waals surface area contributed by atoms with E-state index in [1.54, 1.807) is 0 Å². The van der Waals surface area contributed by atoms with E-state index in [2.05, 4.69) is 27.8 Å². The Morgan fingerprint density at radius 2 is 1.55 bits per heavy atom. The van der Waals surface area contributed by atoms with Gasteiger partial charge < -0.3 is 20.6 Å². The summed E-state index contributed by atoms with van der Waals surface area (Å²) in [6, 6.07) is -2.22. The topological polar surface area (TPSA) is 157 Å². The molecule has 44 heavy (non-hydrogen) atoms. The molecule has 11 nitrogen and oxygen atoms in total. The van der Waals surface area contributed by atoms with Gasteiger partial charge in [0, 0.05) is 19.0 Å². The van der Waals surface area contributed by atoms with Crippen molar-refractivity contribution in [2.45, 2.75) is 117 Å². The first-order valence-electron chi connectivity index (χ1n) is 16.3. The number of nitrogens with one attached hydrogen (secondary N) is 4. The summed E-state index contributed by atoms with van der Waals surface area (Å²) in [4.78, 5) is 67.0. The second-order valence-corrected chi connectivity index (χ2v) is 15.0. The van der Waals surface area contributed by atoms with E-state index < -0.39 is 54.0 Å². The molecule has 11 heteroatoms. The molecular weight excluding hydrogens is 562 g/mol. The lowest BCUT2D eigenvalue weighted by atomic mass is 9.76. The van der Waals surface area contributed by atoms with Gasteiger partial charge in [0.25, 0.3) is 5.91 Å². The molecule has 248 valence electrons. The maximum absolute atomic E-state index is 14.3. The first kappa shape index (κ1) is 35.8. The van der Waals surface area contributed by atoms with Gasteiger partial charge in [-0.2, -0.15) is 0 Å². The van der Waals surface area contributed by atoms with Crippen molar-refractivity contribution in [2.24, 2.45) is 28.6 Å². The summed E-state index contributed by atoms with van der Waals surface area (Å²) in [6.07, 6.45) is 7.63. The molecule has 0 aromatic rings. The molecule has 0 aromatic heterocycles. The Hall–Kier alpha value is -2.63. The largest absolute Gasteiger partial charge is 0.365 e. The summed E-state index contributed by atoms with van der Waals surface area (Å²) in [7, 11) is 0. The number of Topliss-reactive ketones (excluding diaryl/α,β-unsaturated/α-hetero) is 2. The summed E-state index contributed by atoms with van der Waals surface area (Å²) in [5, 5.41) is 22.4. The normalized spacial score (nSPS) is 23.4. The van der Waals surface area contributed by atoms with Crippen molar-refractivity contribution in [2.75, 3.05) is 19.6 Å². The zero-order valence-corrected chi connectivity index (χ0v) is 27.5. The monoisotopic (exact) mass is 617 g/mol. The molecule has 5 N–H and O–H groups in total. The molecule has 1 heterocycles. The Balaban J connectivity index is 1.77. The van der Waals surface area contributed by atoms with E-state index in [1.807, 2.05) is 41.5 Å². The van der Waals surface area contributed by atoms with Crippen LogP contribution in [0.4, 0.5) is 0 Å². The van der Waals surface area contributed by atoms with Gasteiger partial charge in [0.05, 0.1) is 18.6 Å². The third kappa shape index (κ3) is 9.44. The predicted octanol–water partition coefficient (Wildman–Crippen LogP) is 2.03. The summed E-state index contributed by atoms with van der Waals surface area (Å²) in [6.45, 7) is 15.2. The van der Waals surface area contributed by atoms with Gasteiger partial charge in [-0.25, -0.2) is 0 Å². The number of carbonyl (C=O) groups is 5. The fourth-order valence-electron chi connectivity index (χ4n) is 6.66. The van der Waals surface area contributed by atoms with Crippen LogP contribution < -0.4 is 21.3 Å². The van der Waals surface area contributed by atoms with E-state index in [4.69, 9.17) is 0 Å². The molecule has 3 rings (SSSR count). The highest BCUT2D eigenvalue weighted by molar-refractivity contribution is 6.37. The highest BCUT2D eigenvalue weighted by atomic mass is 16.3. The average molecular weight is 618 g/mol. The first-order valence-corrected chi connectivity index (χ1v) is 16.3. The third-order valence-electron chi connectivity index (χ3n) is 9.33. The molecule has 1 saturated heterocycles. The van der Waals surface area contributed by atoms with Crippen molar-refractivity contribution < 1.29 is 29.1 Å². The zero-order chi connectivity index (χ0) is 32.8. The van der Waals surface area contributed by atoms with Gasteiger partial charge in [-0.3, -0.25) is 34.6 Å². The lowest BCUT2D eigenvalue weighted by Crippen LogP contribution is -2.63. The molecule has 1 unspecified atom stereocenters. The summed E-state index contributed by atoms with van der Waals surface area (Å²) < 4.78 is 0. The van der Waals surface area contributed by atoms with E-state index in [1.165, 1.54) is 11.0 Å². The number of amides is 3. The molecule has 3 amide bonds. The minimum atomic E-state index is -1.31. The van der Waals surface area contributed by atoms with Crippen molar-refractivity contribution in [3.05, 3.63) is 12.7 Å². The second kappa shape index (κ2) is 15.1. The van der Waals surface area contributed by atoms with Crippen molar-refractivity contribution in [1.29, 1.82) is 0 Å². The number of ketones is 2. The van der Waals surface area contributed by atoms with E-state index in [9.17, 15) is 29.1 Å². The molecule has 0 bridgehead atoms. The number of carbonyl (C=O) groups excluding carboxylic acids is 5. The van der Waals surface area contributed by atoms with Crippen molar-refractivity contribution in [3.8, 4) is 0 Å². The maximum atomic E-state index is 14.3. The van der Waals surface area contributed by atoms with Crippen LogP contribution in [0.15, 0.2) is 12.7 Å². The van der Waals surface area contributed by atoms with Gasteiger partial charge in [-0.15, -0.1) is 6.58 Å². The standard InChI is InChI=1S/C33H55N5O6/c1-8-17-34-28(41)23(39)19-35-29(42)25-22(32(2,3)4)16-18-38(25)30(43)27(33(5,6)7)37-31(44)36-24(26(40)21-14-15-21)20-12-10-9-11-13-20/h8,20-22,24-25,27,31,36-37,44H,1,9-19H2,2-7H3,(H,34,41)(H,35,42)/t22-,24-,25-,27+,31?/m0/s1. The van der Waals surface area contributed by atoms with E-state index in [0.717, 1.165) is 44.9 Å². The van der Waals surface area contributed by atoms with Crippen molar-refractivity contribution >= 4 is 29.3 Å². The third-order valence-corrected chi connectivity index (χ3v) is 9.33. The quantitative estimate of drug-likeness (QED) is 0.113. The number of hydrogen-bond acceptors (Lipinski definition) is 8. The average Bonchev–Trinajstić information content (AvgIpc) is 3.71. The Morgan fingerprint density at radius 1 is 0.909 bits per heavy atom. The highest BCUT2D eigenvalue weighted by Gasteiger charge is 2.49. The smallest absolute Gasteiger partial charge is 0.289 e. The van der Waals surface area contributed by atoms with E-state index in [0.29, 0.717) is 13.0 Å². The minimum Gasteiger partial charge on any atom is -0.365 e. The molecule has 0 spiro atoms. The Bertz CT molecular complexity index is 1070. The van der Waals surface area contributed by atoms with Crippen LogP contribution in [0.2, 0.25) is 0 Å². The molecule has 2 aliphatic carbocycles. The molecule has 1 aliphatic heterocycles. The van der Waals surface area contributed by atoms with Crippen LogP contribution in [0.1, 0.15) is 92.9 Å². The van der Waals surface area contributed by atoms with Crippen LogP contribution in [-0.4, -0.2) is 83.4 Å².